The van der Waals surface area contributed by atoms with Crippen molar-refractivity contribution >= 4 is 16.1 Å². The minimum atomic E-state index is -3.72. The van der Waals surface area contributed by atoms with Gasteiger partial charge in [-0.2, -0.15) is 17.4 Å². The van der Waals surface area contributed by atoms with Crippen LogP contribution < -0.4 is 4.72 Å². The number of amides is 1. The Morgan fingerprint density at radius 3 is 2.18 bits per heavy atom. The van der Waals surface area contributed by atoms with Crippen LogP contribution in [0.25, 0.3) is 0 Å². The molecule has 1 aliphatic heterocycles. The Morgan fingerprint density at radius 1 is 1.27 bits per heavy atom. The van der Waals surface area contributed by atoms with Gasteiger partial charge in [-0.15, -0.1) is 0 Å². The third-order valence-corrected chi connectivity index (χ3v) is 5.02. The molecule has 1 heterocycles. The summed E-state index contributed by atoms with van der Waals surface area (Å²) in [5, 5.41) is 0. The second-order valence-corrected chi connectivity index (χ2v) is 8.31. The first-order chi connectivity index (χ1) is 10.0. The molecule has 1 saturated heterocycles. The van der Waals surface area contributed by atoms with E-state index in [0.717, 1.165) is 0 Å². The zero-order chi connectivity index (χ0) is 17.1. The van der Waals surface area contributed by atoms with Gasteiger partial charge in [0.1, 0.15) is 6.04 Å². The minimum Gasteiger partial charge on any atom is -0.373 e. The van der Waals surface area contributed by atoms with Crippen molar-refractivity contribution in [2.24, 2.45) is 5.92 Å². The second kappa shape index (κ2) is 7.72. The molecule has 7 nitrogen and oxygen atoms in total. The van der Waals surface area contributed by atoms with E-state index in [4.69, 9.17) is 4.74 Å². The molecule has 0 aromatic carbocycles. The number of rotatable bonds is 6. The molecule has 130 valence electrons. The monoisotopic (exact) mass is 335 g/mol. The van der Waals surface area contributed by atoms with Gasteiger partial charge in [0.25, 0.3) is 10.2 Å². The lowest BCUT2D eigenvalue weighted by atomic mass is 10.0. The van der Waals surface area contributed by atoms with Crippen molar-refractivity contribution in [1.82, 2.24) is 13.9 Å². The van der Waals surface area contributed by atoms with E-state index in [2.05, 4.69) is 4.72 Å². The van der Waals surface area contributed by atoms with Gasteiger partial charge in [0.15, 0.2) is 0 Å². The van der Waals surface area contributed by atoms with Crippen molar-refractivity contribution in [3.05, 3.63) is 0 Å². The number of nitrogens with one attached hydrogen (secondary N) is 1. The molecule has 1 rings (SSSR count). The Morgan fingerprint density at radius 2 is 1.77 bits per heavy atom. The summed E-state index contributed by atoms with van der Waals surface area (Å²) >= 11 is 0. The van der Waals surface area contributed by atoms with E-state index < -0.39 is 16.3 Å². The first-order valence-electron chi connectivity index (χ1n) is 7.67. The highest BCUT2D eigenvalue weighted by atomic mass is 32.2. The van der Waals surface area contributed by atoms with Gasteiger partial charge in [-0.3, -0.25) is 4.79 Å². The quantitative estimate of drug-likeness (QED) is 0.764. The highest BCUT2D eigenvalue weighted by Crippen LogP contribution is 2.15. The normalized spacial score (nSPS) is 25.2. The van der Waals surface area contributed by atoms with Crippen LogP contribution in [-0.2, 0) is 19.7 Å². The predicted octanol–water partition coefficient (Wildman–Crippen LogP) is 0.433. The van der Waals surface area contributed by atoms with Crippen LogP contribution in [0.1, 0.15) is 34.1 Å². The third-order valence-electron chi connectivity index (χ3n) is 3.46. The number of ether oxygens (including phenoxy) is 1. The van der Waals surface area contributed by atoms with Crippen LogP contribution in [0, 0.1) is 5.92 Å². The molecule has 1 N–H and O–H groups in total. The number of carbonyl (C=O) groups excluding carboxylic acids is 1. The van der Waals surface area contributed by atoms with Crippen LogP contribution in [0.4, 0.5) is 0 Å². The van der Waals surface area contributed by atoms with Gasteiger partial charge in [0.2, 0.25) is 5.91 Å². The molecule has 0 unspecified atom stereocenters. The lowest BCUT2D eigenvalue weighted by molar-refractivity contribution is -0.130. The summed E-state index contributed by atoms with van der Waals surface area (Å²) in [5.74, 6) is -0.0224. The van der Waals surface area contributed by atoms with Gasteiger partial charge < -0.3 is 9.64 Å². The van der Waals surface area contributed by atoms with E-state index in [9.17, 15) is 13.2 Å². The molecular weight excluding hydrogens is 306 g/mol. The van der Waals surface area contributed by atoms with E-state index in [-0.39, 0.29) is 24.0 Å². The number of carbonyl (C=O) groups is 1. The van der Waals surface area contributed by atoms with Crippen LogP contribution in [0.2, 0.25) is 0 Å². The molecule has 3 atom stereocenters. The highest BCUT2D eigenvalue weighted by Gasteiger charge is 2.34. The summed E-state index contributed by atoms with van der Waals surface area (Å²) in [4.78, 5) is 13.6. The number of nitrogens with zero attached hydrogens (tertiary/aromatic N) is 2. The molecule has 0 aromatic rings. The molecule has 1 amide bonds. The number of hydrogen-bond donors (Lipinski definition) is 1. The van der Waals surface area contributed by atoms with Crippen molar-refractivity contribution < 1.29 is 17.9 Å². The maximum Gasteiger partial charge on any atom is 0.280 e. The molecule has 0 bridgehead atoms. The summed E-state index contributed by atoms with van der Waals surface area (Å²) in [6.45, 7) is 8.20. The Kier molecular flexibility index (Phi) is 6.79. The van der Waals surface area contributed by atoms with Crippen molar-refractivity contribution in [1.29, 1.82) is 0 Å². The van der Waals surface area contributed by atoms with Gasteiger partial charge in [-0.1, -0.05) is 13.8 Å². The van der Waals surface area contributed by atoms with Crippen LogP contribution in [0.5, 0.6) is 0 Å². The summed E-state index contributed by atoms with van der Waals surface area (Å²) in [5.41, 5.74) is 0. The molecule has 0 radical (unpaired) electrons. The van der Waals surface area contributed by atoms with Gasteiger partial charge >= 0.3 is 0 Å². The second-order valence-electron chi connectivity index (χ2n) is 6.61. The fourth-order valence-corrected chi connectivity index (χ4v) is 4.08. The third kappa shape index (κ3) is 5.49. The Labute approximate surface area is 134 Å². The number of hydrogen-bond acceptors (Lipinski definition) is 4. The molecule has 0 aliphatic carbocycles. The molecular formula is C14H29N3O4S. The van der Waals surface area contributed by atoms with E-state index in [0.29, 0.717) is 19.5 Å². The minimum absolute atomic E-state index is 0.159. The first kappa shape index (κ1) is 19.3. The zero-order valence-corrected chi connectivity index (χ0v) is 15.2. The largest absolute Gasteiger partial charge is 0.373 e. The van der Waals surface area contributed by atoms with Crippen molar-refractivity contribution in [3.63, 3.8) is 0 Å². The van der Waals surface area contributed by atoms with Crippen LogP contribution in [0.15, 0.2) is 0 Å². The van der Waals surface area contributed by atoms with Crippen molar-refractivity contribution in [2.45, 2.75) is 52.4 Å². The van der Waals surface area contributed by atoms with Crippen molar-refractivity contribution in [2.75, 3.05) is 27.2 Å². The first-order valence-corrected chi connectivity index (χ1v) is 9.11. The van der Waals surface area contributed by atoms with Gasteiger partial charge in [0, 0.05) is 27.2 Å². The Hall–Kier alpha value is -0.700. The fourth-order valence-electron chi connectivity index (χ4n) is 2.56. The topological polar surface area (TPSA) is 79.0 Å². The molecule has 1 aliphatic rings. The average molecular weight is 335 g/mol. The lowest BCUT2D eigenvalue weighted by Crippen LogP contribution is -2.56. The number of likely N-dealkylation sites (N-methyl/N-ethyl adjacent to an activating group) is 1. The standard InChI is InChI=1S/C14H29N3O4S/c1-10(2)7-13(14(18)16(5)6)15-22(19,20)17-8-11(3)21-12(4)9-17/h10-13,15H,7-9H2,1-6H3/t11-,12+,13-/m1/s1. The van der Waals surface area contributed by atoms with Crippen molar-refractivity contribution in [3.8, 4) is 0 Å². The molecule has 0 aromatic heterocycles. The molecule has 22 heavy (non-hydrogen) atoms. The lowest BCUT2D eigenvalue weighted by Gasteiger charge is -2.35. The average Bonchev–Trinajstić information content (AvgIpc) is 2.34. The predicted molar refractivity (Wildman–Crippen MR) is 85.6 cm³/mol. The SMILES string of the molecule is CC(C)C[C@@H](NS(=O)(=O)N1C[C@@H](C)O[C@@H](C)C1)C(=O)N(C)C. The highest BCUT2D eigenvalue weighted by molar-refractivity contribution is 7.87. The molecule has 0 spiro atoms. The van der Waals surface area contributed by atoms with Gasteiger partial charge in [-0.05, 0) is 26.2 Å². The molecule has 0 saturated carbocycles. The fraction of sp³-hybridized carbons (Fsp3) is 0.929. The maximum absolute atomic E-state index is 12.6. The van der Waals surface area contributed by atoms with Crippen LogP contribution in [0.3, 0.4) is 0 Å². The summed E-state index contributed by atoms with van der Waals surface area (Å²) in [6, 6.07) is -0.742. The van der Waals surface area contributed by atoms with Gasteiger partial charge in [0.05, 0.1) is 12.2 Å². The molecule has 8 heteroatoms. The van der Waals surface area contributed by atoms with E-state index in [1.54, 1.807) is 14.1 Å². The number of morpholine rings is 1. The van der Waals surface area contributed by atoms with Gasteiger partial charge in [-0.25, -0.2) is 0 Å². The van der Waals surface area contributed by atoms with Crippen LogP contribution >= 0.6 is 0 Å². The van der Waals surface area contributed by atoms with Crippen LogP contribution in [-0.4, -0.2) is 69.0 Å². The zero-order valence-electron chi connectivity index (χ0n) is 14.4. The maximum atomic E-state index is 12.6. The Bertz CT molecular complexity index is 468. The Balaban J connectivity index is 2.87. The van der Waals surface area contributed by atoms with E-state index in [1.807, 2.05) is 27.7 Å². The van der Waals surface area contributed by atoms with E-state index >= 15 is 0 Å². The molecule has 1 fully saturated rings. The smallest absolute Gasteiger partial charge is 0.280 e. The summed E-state index contributed by atoms with van der Waals surface area (Å²) in [6.07, 6.45) is 0.146. The summed E-state index contributed by atoms with van der Waals surface area (Å²) < 4.78 is 34.7. The van der Waals surface area contributed by atoms with E-state index in [1.165, 1.54) is 9.21 Å². The summed E-state index contributed by atoms with van der Waals surface area (Å²) in [7, 11) is -0.461.